The van der Waals surface area contributed by atoms with Crippen molar-refractivity contribution < 1.29 is 4.42 Å². The van der Waals surface area contributed by atoms with Gasteiger partial charge in [-0.2, -0.15) is 0 Å². The van der Waals surface area contributed by atoms with Crippen LogP contribution in [0, 0.1) is 0 Å². The molecule has 0 radical (unpaired) electrons. The van der Waals surface area contributed by atoms with E-state index in [0.717, 1.165) is 22.4 Å². The molecule has 0 aliphatic carbocycles. The van der Waals surface area contributed by atoms with Crippen LogP contribution in [0.25, 0.3) is 11.0 Å². The van der Waals surface area contributed by atoms with Gasteiger partial charge < -0.3 is 8.98 Å². The van der Waals surface area contributed by atoms with Crippen molar-refractivity contribution in [1.29, 1.82) is 0 Å². The van der Waals surface area contributed by atoms with E-state index in [1.165, 1.54) is 0 Å². The lowest BCUT2D eigenvalue weighted by atomic mass is 10.1. The molecule has 0 saturated heterocycles. The minimum absolute atomic E-state index is 0.142. The third-order valence-corrected chi connectivity index (χ3v) is 3.80. The molecule has 0 spiro atoms. The summed E-state index contributed by atoms with van der Waals surface area (Å²) in [4.78, 5) is 4.63. The van der Waals surface area contributed by atoms with Crippen LogP contribution in [0.2, 0.25) is 5.22 Å². The standard InChI is InChI=1S/C14H15ClN4O/c1-19-12-5-3-2-4-10(12)17-13(19)8-11(18-16)9-6-7-20-14(9)15/h2-7,11,18H,8,16H2,1H3. The summed E-state index contributed by atoms with van der Waals surface area (Å²) in [5.74, 6) is 6.57. The highest BCUT2D eigenvalue weighted by atomic mass is 35.5. The van der Waals surface area contributed by atoms with E-state index in [2.05, 4.69) is 15.0 Å². The molecule has 5 nitrogen and oxygen atoms in total. The van der Waals surface area contributed by atoms with Crippen molar-refractivity contribution in [2.75, 3.05) is 0 Å². The van der Waals surface area contributed by atoms with Crippen molar-refractivity contribution in [1.82, 2.24) is 15.0 Å². The van der Waals surface area contributed by atoms with Crippen molar-refractivity contribution in [3.05, 3.63) is 53.2 Å². The number of nitrogens with zero attached hydrogens (tertiary/aromatic N) is 2. The van der Waals surface area contributed by atoms with Gasteiger partial charge in [-0.25, -0.2) is 4.98 Å². The first-order valence-corrected chi connectivity index (χ1v) is 6.68. The smallest absolute Gasteiger partial charge is 0.197 e. The molecular weight excluding hydrogens is 276 g/mol. The zero-order valence-electron chi connectivity index (χ0n) is 11.0. The summed E-state index contributed by atoms with van der Waals surface area (Å²) in [5.41, 5.74) is 5.67. The number of para-hydroxylation sites is 2. The number of benzene rings is 1. The van der Waals surface area contributed by atoms with Crippen LogP contribution in [0.1, 0.15) is 17.4 Å². The summed E-state index contributed by atoms with van der Waals surface area (Å²) in [6.45, 7) is 0. The summed E-state index contributed by atoms with van der Waals surface area (Å²) in [7, 11) is 2.00. The number of hydrazine groups is 1. The van der Waals surface area contributed by atoms with E-state index in [0.29, 0.717) is 11.6 Å². The molecule has 1 atom stereocenters. The van der Waals surface area contributed by atoms with E-state index in [9.17, 15) is 0 Å². The van der Waals surface area contributed by atoms with Crippen LogP contribution in [0.15, 0.2) is 41.0 Å². The summed E-state index contributed by atoms with van der Waals surface area (Å²) in [5, 5.41) is 0.353. The number of rotatable bonds is 4. The Morgan fingerprint density at radius 3 is 2.85 bits per heavy atom. The maximum Gasteiger partial charge on any atom is 0.197 e. The number of aryl methyl sites for hydroxylation is 1. The van der Waals surface area contributed by atoms with Crippen molar-refractivity contribution in [3.8, 4) is 0 Å². The van der Waals surface area contributed by atoms with Gasteiger partial charge >= 0.3 is 0 Å². The van der Waals surface area contributed by atoms with Gasteiger partial charge in [-0.1, -0.05) is 12.1 Å². The summed E-state index contributed by atoms with van der Waals surface area (Å²) in [6, 6.07) is 9.69. The first-order chi connectivity index (χ1) is 9.70. The molecule has 3 N–H and O–H groups in total. The van der Waals surface area contributed by atoms with Gasteiger partial charge in [-0.05, 0) is 29.8 Å². The summed E-state index contributed by atoms with van der Waals surface area (Å²) >= 11 is 6.01. The topological polar surface area (TPSA) is 69.0 Å². The lowest BCUT2D eigenvalue weighted by Gasteiger charge is -2.14. The number of furan rings is 1. The first-order valence-electron chi connectivity index (χ1n) is 6.30. The van der Waals surface area contributed by atoms with Crippen molar-refractivity contribution in [2.24, 2.45) is 12.9 Å². The molecule has 0 fully saturated rings. The quantitative estimate of drug-likeness (QED) is 0.572. The number of imidazole rings is 1. The lowest BCUT2D eigenvalue weighted by Crippen LogP contribution is -2.30. The highest BCUT2D eigenvalue weighted by molar-refractivity contribution is 6.29. The van der Waals surface area contributed by atoms with E-state index in [1.807, 2.05) is 37.4 Å². The van der Waals surface area contributed by atoms with Crippen molar-refractivity contribution in [3.63, 3.8) is 0 Å². The van der Waals surface area contributed by atoms with Gasteiger partial charge in [0.15, 0.2) is 5.22 Å². The highest BCUT2D eigenvalue weighted by Crippen LogP contribution is 2.27. The van der Waals surface area contributed by atoms with Crippen LogP contribution < -0.4 is 11.3 Å². The zero-order chi connectivity index (χ0) is 14.1. The monoisotopic (exact) mass is 290 g/mol. The predicted molar refractivity (Wildman–Crippen MR) is 78.2 cm³/mol. The van der Waals surface area contributed by atoms with E-state index in [4.69, 9.17) is 21.9 Å². The van der Waals surface area contributed by atoms with Gasteiger partial charge in [-0.15, -0.1) is 0 Å². The zero-order valence-corrected chi connectivity index (χ0v) is 11.8. The fourth-order valence-electron chi connectivity index (χ4n) is 2.37. The van der Waals surface area contributed by atoms with Gasteiger partial charge in [-0.3, -0.25) is 11.3 Å². The van der Waals surface area contributed by atoms with Gasteiger partial charge in [0.2, 0.25) is 0 Å². The number of hydrogen-bond donors (Lipinski definition) is 2. The number of hydrogen-bond acceptors (Lipinski definition) is 4. The molecule has 6 heteroatoms. The van der Waals surface area contributed by atoms with Crippen LogP contribution in [0.5, 0.6) is 0 Å². The van der Waals surface area contributed by atoms with E-state index >= 15 is 0 Å². The molecular formula is C14H15ClN4O. The van der Waals surface area contributed by atoms with Crippen LogP contribution in [0.4, 0.5) is 0 Å². The predicted octanol–water partition coefficient (Wildman–Crippen LogP) is 2.57. The second kappa shape index (κ2) is 5.28. The Balaban J connectivity index is 1.95. The fraction of sp³-hybridized carbons (Fsp3) is 0.214. The number of fused-ring (bicyclic) bond motifs is 1. The van der Waals surface area contributed by atoms with Crippen LogP contribution >= 0.6 is 11.6 Å². The SMILES string of the molecule is Cn1c(CC(NN)c2ccoc2Cl)nc2ccccc21. The molecule has 20 heavy (non-hydrogen) atoms. The van der Waals surface area contributed by atoms with Crippen molar-refractivity contribution >= 4 is 22.6 Å². The van der Waals surface area contributed by atoms with E-state index in [-0.39, 0.29) is 6.04 Å². The van der Waals surface area contributed by atoms with Crippen LogP contribution in [-0.4, -0.2) is 9.55 Å². The van der Waals surface area contributed by atoms with Gasteiger partial charge in [0, 0.05) is 19.0 Å². The van der Waals surface area contributed by atoms with Gasteiger partial charge in [0.05, 0.1) is 23.3 Å². The van der Waals surface area contributed by atoms with E-state index in [1.54, 1.807) is 6.26 Å². The third-order valence-electron chi connectivity index (χ3n) is 3.49. The Hall–Kier alpha value is -1.82. The molecule has 0 amide bonds. The van der Waals surface area contributed by atoms with E-state index < -0.39 is 0 Å². The fourth-order valence-corrected chi connectivity index (χ4v) is 2.62. The molecule has 1 aromatic carbocycles. The van der Waals surface area contributed by atoms with Gasteiger partial charge in [0.25, 0.3) is 0 Å². The Morgan fingerprint density at radius 2 is 2.20 bits per heavy atom. The Morgan fingerprint density at radius 1 is 1.40 bits per heavy atom. The largest absolute Gasteiger partial charge is 0.453 e. The molecule has 0 aliphatic rings. The van der Waals surface area contributed by atoms with Crippen LogP contribution in [0.3, 0.4) is 0 Å². The van der Waals surface area contributed by atoms with Crippen LogP contribution in [-0.2, 0) is 13.5 Å². The van der Waals surface area contributed by atoms with Gasteiger partial charge in [0.1, 0.15) is 5.82 Å². The Kier molecular flexibility index (Phi) is 3.48. The number of halogens is 1. The highest BCUT2D eigenvalue weighted by Gasteiger charge is 2.19. The Labute approximate surface area is 121 Å². The average molecular weight is 291 g/mol. The molecule has 2 aromatic heterocycles. The maximum atomic E-state index is 6.01. The molecule has 0 bridgehead atoms. The lowest BCUT2D eigenvalue weighted by molar-refractivity contribution is 0.514. The second-order valence-electron chi connectivity index (χ2n) is 4.65. The minimum Gasteiger partial charge on any atom is -0.453 e. The third kappa shape index (κ3) is 2.20. The molecule has 1 unspecified atom stereocenters. The molecule has 0 aliphatic heterocycles. The minimum atomic E-state index is -0.142. The number of aromatic nitrogens is 2. The van der Waals surface area contributed by atoms with Crippen molar-refractivity contribution in [2.45, 2.75) is 12.5 Å². The summed E-state index contributed by atoms with van der Waals surface area (Å²) < 4.78 is 7.18. The molecule has 2 heterocycles. The normalized spacial score (nSPS) is 12.9. The molecule has 0 saturated carbocycles. The summed E-state index contributed by atoms with van der Waals surface area (Å²) in [6.07, 6.45) is 2.18. The molecule has 3 rings (SSSR count). The second-order valence-corrected chi connectivity index (χ2v) is 4.99. The number of nitrogens with one attached hydrogen (secondary N) is 1. The first kappa shape index (κ1) is 13.2. The Bertz CT molecular complexity index is 734. The molecule has 3 aromatic rings. The molecule has 104 valence electrons. The maximum absolute atomic E-state index is 6.01. The average Bonchev–Trinajstić information content (AvgIpc) is 3.01. The number of nitrogens with two attached hydrogens (primary N) is 1.